The second-order valence-electron chi connectivity index (χ2n) is 6.51. The van der Waals surface area contributed by atoms with Gasteiger partial charge in [-0.2, -0.15) is 0 Å². The average molecular weight is 333 g/mol. The molecule has 0 atom stereocenters. The van der Waals surface area contributed by atoms with Crippen LogP contribution in [0.1, 0.15) is 32.1 Å². The fourth-order valence-electron chi connectivity index (χ4n) is 3.23. The largest absolute Gasteiger partial charge is 0.353 e. The Morgan fingerprint density at radius 2 is 2.04 bits per heavy atom. The molecule has 0 bridgehead atoms. The van der Waals surface area contributed by atoms with Crippen molar-refractivity contribution in [3.63, 3.8) is 0 Å². The van der Waals surface area contributed by atoms with Crippen molar-refractivity contribution in [2.75, 3.05) is 18.0 Å². The SMILES string of the molecule is O=C(NC1CCC1)C1CCN(c2nc3ccc(F)cc3s2)CC1. The Balaban J connectivity index is 1.39. The molecule has 2 heterocycles. The summed E-state index contributed by atoms with van der Waals surface area (Å²) >= 11 is 1.53. The quantitative estimate of drug-likeness (QED) is 0.937. The smallest absolute Gasteiger partial charge is 0.223 e. The van der Waals surface area contributed by atoms with E-state index in [1.165, 1.54) is 29.9 Å². The molecule has 1 aromatic heterocycles. The Kier molecular flexibility index (Phi) is 3.93. The number of nitrogens with one attached hydrogen (secondary N) is 1. The summed E-state index contributed by atoms with van der Waals surface area (Å²) < 4.78 is 14.2. The van der Waals surface area contributed by atoms with Crippen molar-refractivity contribution < 1.29 is 9.18 Å². The Morgan fingerprint density at radius 1 is 1.26 bits per heavy atom. The minimum Gasteiger partial charge on any atom is -0.353 e. The lowest BCUT2D eigenvalue weighted by atomic mass is 9.90. The predicted molar refractivity (Wildman–Crippen MR) is 90.3 cm³/mol. The van der Waals surface area contributed by atoms with Crippen molar-refractivity contribution in [2.45, 2.75) is 38.1 Å². The van der Waals surface area contributed by atoms with Crippen LogP contribution in [-0.4, -0.2) is 30.0 Å². The van der Waals surface area contributed by atoms with Crippen molar-refractivity contribution in [2.24, 2.45) is 5.92 Å². The first-order chi connectivity index (χ1) is 11.2. The molecule has 1 aliphatic heterocycles. The van der Waals surface area contributed by atoms with Crippen LogP contribution in [0.25, 0.3) is 10.2 Å². The lowest BCUT2D eigenvalue weighted by molar-refractivity contribution is -0.126. The van der Waals surface area contributed by atoms with E-state index in [9.17, 15) is 9.18 Å². The van der Waals surface area contributed by atoms with Crippen molar-refractivity contribution in [3.05, 3.63) is 24.0 Å². The second-order valence-corrected chi connectivity index (χ2v) is 7.52. The topological polar surface area (TPSA) is 45.2 Å². The first kappa shape index (κ1) is 14.9. The van der Waals surface area contributed by atoms with Crippen LogP contribution in [-0.2, 0) is 4.79 Å². The van der Waals surface area contributed by atoms with Crippen LogP contribution in [0.4, 0.5) is 9.52 Å². The van der Waals surface area contributed by atoms with Crippen molar-refractivity contribution in [1.82, 2.24) is 10.3 Å². The number of benzene rings is 1. The summed E-state index contributed by atoms with van der Waals surface area (Å²) in [7, 11) is 0. The highest BCUT2D eigenvalue weighted by Gasteiger charge is 2.29. The molecule has 23 heavy (non-hydrogen) atoms. The van der Waals surface area contributed by atoms with E-state index in [-0.39, 0.29) is 17.6 Å². The molecule has 1 saturated carbocycles. The molecule has 1 N–H and O–H groups in total. The first-order valence-corrected chi connectivity index (χ1v) is 9.12. The fourth-order valence-corrected chi connectivity index (χ4v) is 4.27. The van der Waals surface area contributed by atoms with Gasteiger partial charge in [-0.25, -0.2) is 9.37 Å². The van der Waals surface area contributed by atoms with Crippen LogP contribution < -0.4 is 10.2 Å². The highest BCUT2D eigenvalue weighted by Crippen LogP contribution is 2.32. The molecule has 0 radical (unpaired) electrons. The molecule has 2 aliphatic rings. The number of fused-ring (bicyclic) bond motifs is 1. The number of carbonyl (C=O) groups is 1. The van der Waals surface area contributed by atoms with Crippen LogP contribution in [0.15, 0.2) is 18.2 Å². The molecule has 2 fully saturated rings. The van der Waals surface area contributed by atoms with E-state index in [2.05, 4.69) is 15.2 Å². The average Bonchev–Trinajstić information content (AvgIpc) is 2.94. The van der Waals surface area contributed by atoms with E-state index in [0.29, 0.717) is 6.04 Å². The number of aromatic nitrogens is 1. The Bertz CT molecular complexity index is 720. The maximum Gasteiger partial charge on any atom is 0.223 e. The van der Waals surface area contributed by atoms with Gasteiger partial charge in [-0.1, -0.05) is 11.3 Å². The maximum atomic E-state index is 13.3. The Hall–Kier alpha value is -1.69. The number of carbonyl (C=O) groups excluding carboxylic acids is 1. The van der Waals surface area contributed by atoms with Crippen LogP contribution in [0.5, 0.6) is 0 Å². The molecule has 1 amide bonds. The van der Waals surface area contributed by atoms with E-state index in [1.54, 1.807) is 6.07 Å². The van der Waals surface area contributed by atoms with Crippen molar-refractivity contribution in [1.29, 1.82) is 0 Å². The zero-order valence-electron chi connectivity index (χ0n) is 12.9. The molecule has 4 nitrogen and oxygen atoms in total. The van der Waals surface area contributed by atoms with Gasteiger partial charge >= 0.3 is 0 Å². The number of nitrogens with zero attached hydrogens (tertiary/aromatic N) is 2. The number of hydrogen-bond donors (Lipinski definition) is 1. The fraction of sp³-hybridized carbons (Fsp3) is 0.529. The van der Waals surface area contributed by atoms with E-state index in [4.69, 9.17) is 0 Å². The number of rotatable bonds is 3. The van der Waals surface area contributed by atoms with Crippen LogP contribution in [0.3, 0.4) is 0 Å². The first-order valence-electron chi connectivity index (χ1n) is 8.30. The van der Waals surface area contributed by atoms with Gasteiger partial charge in [-0.3, -0.25) is 4.79 Å². The van der Waals surface area contributed by atoms with Crippen LogP contribution in [0, 0.1) is 11.7 Å². The van der Waals surface area contributed by atoms with E-state index in [0.717, 1.165) is 54.1 Å². The number of thiazole rings is 1. The molecule has 6 heteroatoms. The van der Waals surface area contributed by atoms with Gasteiger partial charge in [0.05, 0.1) is 10.2 Å². The molecule has 0 spiro atoms. The van der Waals surface area contributed by atoms with Gasteiger partial charge in [0.15, 0.2) is 5.13 Å². The van der Waals surface area contributed by atoms with Gasteiger partial charge in [0.25, 0.3) is 0 Å². The molecule has 2 aromatic rings. The summed E-state index contributed by atoms with van der Waals surface area (Å²) in [6.07, 6.45) is 5.23. The zero-order valence-corrected chi connectivity index (χ0v) is 13.7. The number of anilines is 1. The summed E-state index contributed by atoms with van der Waals surface area (Å²) in [4.78, 5) is 19.1. The predicted octanol–water partition coefficient (Wildman–Crippen LogP) is 3.32. The molecule has 0 unspecified atom stereocenters. The van der Waals surface area contributed by atoms with E-state index in [1.807, 2.05) is 0 Å². The standard InChI is InChI=1S/C17H20FN3OS/c18-12-4-5-14-15(10-12)23-17(20-14)21-8-6-11(7-9-21)16(22)19-13-2-1-3-13/h4-5,10-11,13H,1-3,6-9H2,(H,19,22). The van der Waals surface area contributed by atoms with Gasteiger partial charge in [0.2, 0.25) is 5.91 Å². The second kappa shape index (κ2) is 6.07. The van der Waals surface area contributed by atoms with Crippen molar-refractivity contribution >= 4 is 32.6 Å². The third kappa shape index (κ3) is 3.04. The van der Waals surface area contributed by atoms with Gasteiger partial charge in [-0.05, 0) is 50.3 Å². The van der Waals surface area contributed by atoms with Gasteiger partial charge in [-0.15, -0.1) is 0 Å². The summed E-state index contributed by atoms with van der Waals surface area (Å²) in [5.41, 5.74) is 0.844. The number of halogens is 1. The third-order valence-electron chi connectivity index (χ3n) is 4.93. The molecular weight excluding hydrogens is 313 g/mol. The maximum absolute atomic E-state index is 13.3. The Morgan fingerprint density at radius 3 is 2.74 bits per heavy atom. The lowest BCUT2D eigenvalue weighted by Crippen LogP contribution is -2.46. The normalized spacial score (nSPS) is 19.8. The van der Waals surface area contributed by atoms with Gasteiger partial charge in [0.1, 0.15) is 5.82 Å². The van der Waals surface area contributed by atoms with E-state index >= 15 is 0 Å². The molecule has 1 aliphatic carbocycles. The number of amides is 1. The summed E-state index contributed by atoms with van der Waals surface area (Å²) in [5.74, 6) is 0.124. The van der Waals surface area contributed by atoms with Gasteiger partial charge < -0.3 is 10.2 Å². The minimum atomic E-state index is -0.223. The van der Waals surface area contributed by atoms with Gasteiger partial charge in [0, 0.05) is 25.0 Å². The summed E-state index contributed by atoms with van der Waals surface area (Å²) in [6.45, 7) is 1.68. The van der Waals surface area contributed by atoms with Crippen molar-refractivity contribution in [3.8, 4) is 0 Å². The highest BCUT2D eigenvalue weighted by atomic mass is 32.1. The molecule has 4 rings (SSSR count). The Labute approximate surface area is 138 Å². The number of hydrogen-bond acceptors (Lipinski definition) is 4. The summed E-state index contributed by atoms with van der Waals surface area (Å²) in [5, 5.41) is 4.09. The van der Waals surface area contributed by atoms with Crippen LogP contribution >= 0.6 is 11.3 Å². The monoisotopic (exact) mass is 333 g/mol. The lowest BCUT2D eigenvalue weighted by Gasteiger charge is -2.33. The number of piperidine rings is 1. The third-order valence-corrected chi connectivity index (χ3v) is 6.01. The zero-order chi connectivity index (χ0) is 15.8. The molecule has 1 aromatic carbocycles. The molecule has 1 saturated heterocycles. The minimum absolute atomic E-state index is 0.124. The summed E-state index contributed by atoms with van der Waals surface area (Å²) in [6, 6.07) is 5.13. The highest BCUT2D eigenvalue weighted by molar-refractivity contribution is 7.22. The molecular formula is C17H20FN3OS. The molecule has 122 valence electrons. The van der Waals surface area contributed by atoms with E-state index < -0.39 is 0 Å². The van der Waals surface area contributed by atoms with Crippen LogP contribution in [0.2, 0.25) is 0 Å².